The summed E-state index contributed by atoms with van der Waals surface area (Å²) in [6, 6.07) is -0.0905. The van der Waals surface area contributed by atoms with E-state index in [0.717, 1.165) is 0 Å². The van der Waals surface area contributed by atoms with E-state index in [1.165, 1.54) is 0 Å². The average Bonchev–Trinajstić information content (AvgIpc) is 2.31. The van der Waals surface area contributed by atoms with Gasteiger partial charge in [-0.15, -0.1) is 0 Å². The van der Waals surface area contributed by atoms with Crippen molar-refractivity contribution in [1.29, 1.82) is 0 Å². The van der Waals surface area contributed by atoms with Crippen molar-refractivity contribution < 1.29 is 21.6 Å². The summed E-state index contributed by atoms with van der Waals surface area (Å²) in [6.07, 6.45) is 0.445. The van der Waals surface area contributed by atoms with Crippen LogP contribution in [-0.2, 0) is 10.0 Å². The van der Waals surface area contributed by atoms with E-state index in [-0.39, 0.29) is 18.5 Å². The Bertz CT molecular complexity index is 576. The molecule has 1 rings (SSSR count). The van der Waals surface area contributed by atoms with Gasteiger partial charge in [-0.3, -0.25) is 0 Å². The fourth-order valence-electron chi connectivity index (χ4n) is 1.75. The summed E-state index contributed by atoms with van der Waals surface area (Å²) in [5.74, 6) is -4.06. The van der Waals surface area contributed by atoms with Crippen LogP contribution >= 0.6 is 0 Å². The minimum Gasteiger partial charge on any atom is -0.329 e. The maximum atomic E-state index is 13.5. The number of rotatable bonds is 6. The Morgan fingerprint density at radius 3 is 2.20 bits per heavy atom. The molecule has 0 aliphatic carbocycles. The van der Waals surface area contributed by atoms with E-state index >= 15 is 0 Å². The van der Waals surface area contributed by atoms with E-state index in [1.54, 1.807) is 0 Å². The van der Waals surface area contributed by atoms with Gasteiger partial charge in [-0.2, -0.15) is 0 Å². The van der Waals surface area contributed by atoms with Crippen molar-refractivity contribution in [3.63, 3.8) is 0 Å². The van der Waals surface area contributed by atoms with Crippen molar-refractivity contribution >= 4 is 10.0 Å². The molecule has 8 heteroatoms. The third-order valence-electron chi connectivity index (χ3n) is 2.63. The van der Waals surface area contributed by atoms with Crippen LogP contribution in [0, 0.1) is 23.4 Å². The highest BCUT2D eigenvalue weighted by Gasteiger charge is 2.25. The summed E-state index contributed by atoms with van der Waals surface area (Å²) in [7, 11) is -4.30. The minimum atomic E-state index is -4.30. The fraction of sp³-hybridized carbons (Fsp3) is 0.500. The highest BCUT2D eigenvalue weighted by atomic mass is 32.2. The summed E-state index contributed by atoms with van der Waals surface area (Å²) in [4.78, 5) is -0.932. The quantitative estimate of drug-likeness (QED) is 0.786. The highest BCUT2D eigenvalue weighted by Crippen LogP contribution is 2.19. The standard InChI is InChI=1S/C12H17F3N2O2S/c1-7(2)3-8(6-16)17-20(18,19)12-5-10(14)9(13)4-11(12)15/h4-5,7-8,17H,3,6,16H2,1-2H3. The third-order valence-corrected chi connectivity index (χ3v) is 4.16. The lowest BCUT2D eigenvalue weighted by Crippen LogP contribution is -2.41. The third kappa shape index (κ3) is 4.19. The predicted molar refractivity (Wildman–Crippen MR) is 68.9 cm³/mol. The molecule has 0 saturated heterocycles. The van der Waals surface area contributed by atoms with Gasteiger partial charge in [0.05, 0.1) is 0 Å². The van der Waals surface area contributed by atoms with Crippen LogP contribution in [0.4, 0.5) is 13.2 Å². The summed E-state index contributed by atoms with van der Waals surface area (Å²) >= 11 is 0. The number of nitrogens with one attached hydrogen (secondary N) is 1. The lowest BCUT2D eigenvalue weighted by molar-refractivity contribution is 0.458. The predicted octanol–water partition coefficient (Wildman–Crippen LogP) is 1.76. The van der Waals surface area contributed by atoms with E-state index in [2.05, 4.69) is 4.72 Å². The maximum absolute atomic E-state index is 13.5. The average molecular weight is 310 g/mol. The van der Waals surface area contributed by atoms with Crippen LogP contribution in [-0.4, -0.2) is 21.0 Å². The zero-order chi connectivity index (χ0) is 15.5. The van der Waals surface area contributed by atoms with E-state index in [1.807, 2.05) is 13.8 Å². The van der Waals surface area contributed by atoms with Gasteiger partial charge in [-0.05, 0) is 18.4 Å². The lowest BCUT2D eigenvalue weighted by atomic mass is 10.1. The summed E-state index contributed by atoms with van der Waals surface area (Å²) < 4.78 is 65.5. The first-order valence-electron chi connectivity index (χ1n) is 6.04. The second-order valence-electron chi connectivity index (χ2n) is 4.88. The molecule has 1 unspecified atom stereocenters. The first-order valence-corrected chi connectivity index (χ1v) is 7.52. The van der Waals surface area contributed by atoms with Crippen LogP contribution in [0.5, 0.6) is 0 Å². The van der Waals surface area contributed by atoms with Crippen molar-refractivity contribution in [2.24, 2.45) is 11.7 Å². The lowest BCUT2D eigenvalue weighted by Gasteiger charge is -2.19. The summed E-state index contributed by atoms with van der Waals surface area (Å²) in [5, 5.41) is 0. The van der Waals surface area contributed by atoms with Gasteiger partial charge in [0.1, 0.15) is 10.7 Å². The fourth-order valence-corrected chi connectivity index (χ4v) is 3.09. The Hall–Kier alpha value is -1.12. The Kier molecular flexibility index (Phi) is 5.55. The van der Waals surface area contributed by atoms with Gasteiger partial charge in [0, 0.05) is 18.7 Å². The largest absolute Gasteiger partial charge is 0.329 e. The van der Waals surface area contributed by atoms with Gasteiger partial charge in [0.25, 0.3) is 0 Å². The molecule has 1 atom stereocenters. The van der Waals surface area contributed by atoms with Crippen molar-refractivity contribution in [1.82, 2.24) is 4.72 Å². The van der Waals surface area contributed by atoms with E-state index < -0.39 is 38.4 Å². The Balaban J connectivity index is 3.08. The second-order valence-corrected chi connectivity index (χ2v) is 6.56. The zero-order valence-corrected chi connectivity index (χ0v) is 12.0. The molecule has 1 aromatic carbocycles. The molecule has 0 fully saturated rings. The molecule has 0 bridgehead atoms. The molecular weight excluding hydrogens is 293 g/mol. The summed E-state index contributed by atoms with van der Waals surface area (Å²) in [6.45, 7) is 3.76. The van der Waals surface area contributed by atoms with Crippen LogP contribution < -0.4 is 10.5 Å². The molecule has 3 N–H and O–H groups in total. The van der Waals surface area contributed by atoms with Gasteiger partial charge < -0.3 is 5.73 Å². The van der Waals surface area contributed by atoms with Gasteiger partial charge in [0.2, 0.25) is 10.0 Å². The number of hydrogen-bond donors (Lipinski definition) is 2. The van der Waals surface area contributed by atoms with Crippen molar-refractivity contribution in [2.45, 2.75) is 31.2 Å². The van der Waals surface area contributed by atoms with E-state index in [0.29, 0.717) is 12.5 Å². The Labute approximate surface area is 116 Å². The van der Waals surface area contributed by atoms with Crippen LogP contribution in [0.1, 0.15) is 20.3 Å². The van der Waals surface area contributed by atoms with Crippen LogP contribution in [0.15, 0.2) is 17.0 Å². The highest BCUT2D eigenvalue weighted by molar-refractivity contribution is 7.89. The zero-order valence-electron chi connectivity index (χ0n) is 11.2. The molecule has 0 amide bonds. The van der Waals surface area contributed by atoms with Gasteiger partial charge >= 0.3 is 0 Å². The smallest absolute Gasteiger partial charge is 0.243 e. The number of halogens is 3. The molecule has 114 valence electrons. The molecule has 0 saturated carbocycles. The Morgan fingerprint density at radius 2 is 1.70 bits per heavy atom. The van der Waals surface area contributed by atoms with Crippen LogP contribution in [0.2, 0.25) is 0 Å². The first kappa shape index (κ1) is 16.9. The van der Waals surface area contributed by atoms with Crippen LogP contribution in [0.3, 0.4) is 0 Å². The molecule has 0 heterocycles. The van der Waals surface area contributed by atoms with Gasteiger partial charge in [0.15, 0.2) is 11.6 Å². The number of nitrogens with two attached hydrogens (primary N) is 1. The number of benzene rings is 1. The number of sulfonamides is 1. The maximum Gasteiger partial charge on any atom is 0.243 e. The van der Waals surface area contributed by atoms with E-state index in [4.69, 9.17) is 5.73 Å². The molecule has 0 aromatic heterocycles. The van der Waals surface area contributed by atoms with Crippen molar-refractivity contribution in [2.75, 3.05) is 6.54 Å². The minimum absolute atomic E-state index is 0.0166. The molecule has 0 spiro atoms. The number of hydrogen-bond acceptors (Lipinski definition) is 3. The molecule has 0 aliphatic rings. The van der Waals surface area contributed by atoms with Crippen molar-refractivity contribution in [3.05, 3.63) is 29.6 Å². The first-order chi connectivity index (χ1) is 9.17. The molecule has 0 radical (unpaired) electrons. The van der Waals surface area contributed by atoms with Crippen LogP contribution in [0.25, 0.3) is 0 Å². The molecule has 20 heavy (non-hydrogen) atoms. The molecular formula is C12H17F3N2O2S. The Morgan fingerprint density at radius 1 is 1.15 bits per heavy atom. The summed E-state index contributed by atoms with van der Waals surface area (Å²) in [5.41, 5.74) is 5.44. The van der Waals surface area contributed by atoms with E-state index in [9.17, 15) is 21.6 Å². The van der Waals surface area contributed by atoms with Gasteiger partial charge in [-0.25, -0.2) is 26.3 Å². The second kappa shape index (κ2) is 6.55. The molecule has 1 aromatic rings. The molecule has 0 aliphatic heterocycles. The van der Waals surface area contributed by atoms with Crippen molar-refractivity contribution in [3.8, 4) is 0 Å². The topological polar surface area (TPSA) is 72.2 Å². The SMILES string of the molecule is CC(C)CC(CN)NS(=O)(=O)c1cc(F)c(F)cc1F. The monoisotopic (exact) mass is 310 g/mol. The molecule has 4 nitrogen and oxygen atoms in total. The van der Waals surface area contributed by atoms with Gasteiger partial charge in [-0.1, -0.05) is 13.8 Å². The normalized spacial score (nSPS) is 13.8.